The number of fused-ring (bicyclic) bond motifs is 5. The highest BCUT2D eigenvalue weighted by atomic mass is 16.5. The van der Waals surface area contributed by atoms with Crippen LogP contribution in [0.5, 0.6) is 0 Å². The molecule has 8 atom stereocenters. The Morgan fingerprint density at radius 3 is 2.52 bits per heavy atom. The number of nitrogens with zero attached hydrogens (tertiary/aromatic N) is 3. The van der Waals surface area contributed by atoms with E-state index in [2.05, 4.69) is 74.8 Å². The molecule has 1 aliphatic heterocycles. The molecular weight excluding hydrogens is 592 g/mol. The molecule has 0 amide bonds. The molecule has 4 aliphatic carbocycles. The van der Waals surface area contributed by atoms with E-state index in [0.29, 0.717) is 5.41 Å². The van der Waals surface area contributed by atoms with E-state index >= 15 is 0 Å². The third-order valence-electron chi connectivity index (χ3n) is 14.3. The first-order chi connectivity index (χ1) is 23.0. The number of likely N-dealkylation sites (N-methyl/N-ethyl adjacent to an activating group) is 2. The lowest BCUT2D eigenvalue weighted by Crippen LogP contribution is -2.51. The summed E-state index contributed by atoms with van der Waals surface area (Å²) in [6.45, 7) is 20.9. The van der Waals surface area contributed by atoms with Gasteiger partial charge in [-0.05, 0) is 138 Å². The van der Waals surface area contributed by atoms with Crippen LogP contribution in [0.1, 0.15) is 118 Å². The predicted octanol–water partition coefficient (Wildman–Crippen LogP) is 8.00. The first-order valence-corrected chi connectivity index (χ1v) is 20.4. The Bertz CT molecular complexity index is 1090. The van der Waals surface area contributed by atoms with Crippen LogP contribution in [-0.2, 0) is 9.53 Å². The first-order valence-electron chi connectivity index (χ1n) is 20.4. The maximum Gasteiger partial charge on any atom is 0.332 e. The van der Waals surface area contributed by atoms with E-state index in [1.807, 2.05) is 6.20 Å². The van der Waals surface area contributed by atoms with Crippen LogP contribution in [0, 0.1) is 46.3 Å². The molecule has 6 heteroatoms. The van der Waals surface area contributed by atoms with Crippen molar-refractivity contribution in [3.8, 4) is 0 Å². The number of hydrogen-bond donors (Lipinski definition) is 1. The van der Waals surface area contributed by atoms with E-state index in [4.69, 9.17) is 4.74 Å². The second-order valence-electron chi connectivity index (χ2n) is 18.0. The summed E-state index contributed by atoms with van der Waals surface area (Å²) in [4.78, 5) is 20.3. The molecule has 0 aromatic heterocycles. The van der Waals surface area contributed by atoms with Gasteiger partial charge in [0.2, 0.25) is 0 Å². The Morgan fingerprint density at radius 2 is 1.71 bits per heavy atom. The third-order valence-corrected chi connectivity index (χ3v) is 14.3. The monoisotopic (exact) mass is 667 g/mol. The molecule has 4 fully saturated rings. The summed E-state index contributed by atoms with van der Waals surface area (Å²) in [6.07, 6.45) is 22.9. The summed E-state index contributed by atoms with van der Waals surface area (Å²) in [5.74, 6) is 4.97. The average Bonchev–Trinajstić information content (AvgIpc) is 3.40. The van der Waals surface area contributed by atoms with Crippen LogP contribution >= 0.6 is 0 Å². The normalized spacial score (nSPS) is 37.0. The highest BCUT2D eigenvalue weighted by Gasteiger charge is 2.59. The van der Waals surface area contributed by atoms with Crippen LogP contribution in [0.2, 0.25) is 0 Å². The van der Waals surface area contributed by atoms with Gasteiger partial charge in [-0.25, -0.2) is 4.79 Å². The number of hydrogen-bond acceptors (Lipinski definition) is 6. The Kier molecular flexibility index (Phi) is 13.6. The van der Waals surface area contributed by atoms with Gasteiger partial charge in [-0.3, -0.25) is 0 Å². The molecule has 0 radical (unpaired) electrons. The molecule has 5 aliphatic rings. The fourth-order valence-corrected chi connectivity index (χ4v) is 11.3. The van der Waals surface area contributed by atoms with Gasteiger partial charge in [0, 0.05) is 51.4 Å². The number of allylic oxidation sites excluding steroid dienone is 1. The van der Waals surface area contributed by atoms with E-state index in [0.717, 1.165) is 107 Å². The van der Waals surface area contributed by atoms with Crippen molar-refractivity contribution >= 4 is 5.97 Å². The first kappa shape index (κ1) is 37.9. The van der Waals surface area contributed by atoms with Gasteiger partial charge in [0.1, 0.15) is 6.10 Å². The van der Waals surface area contributed by atoms with Gasteiger partial charge in [0.15, 0.2) is 0 Å². The van der Waals surface area contributed by atoms with Gasteiger partial charge in [-0.1, -0.05) is 65.5 Å². The zero-order valence-corrected chi connectivity index (χ0v) is 32.3. The van der Waals surface area contributed by atoms with E-state index in [-0.39, 0.29) is 17.5 Å². The lowest BCUT2D eigenvalue weighted by atomic mass is 9.47. The maximum atomic E-state index is 13.2. The second kappa shape index (κ2) is 17.2. The van der Waals surface area contributed by atoms with Gasteiger partial charge < -0.3 is 24.8 Å². The lowest BCUT2D eigenvalue weighted by Gasteiger charge is -2.58. The standard InChI is InChI=1S/C42H74N4O2/c1-32(2)11-8-12-33(3)37-15-16-38-36-14-13-34-31-35(17-20-41(34,4)39(36)18-21-42(37,38)5)48-40(47)19-27-46-26-10-25-44(6)28-23-43-22-9-24-45(7)29-30-46/h13,19,27,32-33,35-39,43H,8-12,14-18,20-26,28-31H2,1-7H3/b27-19+/t33-,35+,36+,37-,38+,39+,41+,42-/m1/s1. The Labute approximate surface area is 295 Å². The van der Waals surface area contributed by atoms with Crippen molar-refractivity contribution < 1.29 is 9.53 Å². The molecule has 48 heavy (non-hydrogen) atoms. The fraction of sp³-hybridized carbons (Fsp3) is 0.881. The Hall–Kier alpha value is -1.37. The minimum absolute atomic E-state index is 0.0156. The van der Waals surface area contributed by atoms with Gasteiger partial charge in [-0.2, -0.15) is 0 Å². The largest absolute Gasteiger partial charge is 0.459 e. The Balaban J connectivity index is 1.15. The zero-order chi connectivity index (χ0) is 34.3. The van der Waals surface area contributed by atoms with Gasteiger partial charge >= 0.3 is 5.97 Å². The van der Waals surface area contributed by atoms with E-state index in [1.54, 1.807) is 11.6 Å². The fourth-order valence-electron chi connectivity index (χ4n) is 11.3. The SMILES string of the molecule is CC(C)CCC[C@@H](C)[C@H]1CC[C@H]2[C@@H]3CC=C4C[C@@H](OC(=O)/C=C/N5CCCN(C)CCNCCCN(C)CC5)CC[C@]4(C)[C@H]3CC[C@]12C. The van der Waals surface area contributed by atoms with E-state index < -0.39 is 0 Å². The van der Waals surface area contributed by atoms with Crippen molar-refractivity contribution in [2.24, 2.45) is 46.3 Å². The summed E-state index contributed by atoms with van der Waals surface area (Å²) >= 11 is 0. The molecule has 1 saturated heterocycles. The lowest BCUT2D eigenvalue weighted by molar-refractivity contribution is -0.145. The Morgan fingerprint density at radius 1 is 0.917 bits per heavy atom. The average molecular weight is 667 g/mol. The summed E-state index contributed by atoms with van der Waals surface area (Å²) in [7, 11) is 4.42. The number of rotatable bonds is 8. The molecule has 0 unspecified atom stereocenters. The van der Waals surface area contributed by atoms with Crippen LogP contribution < -0.4 is 5.32 Å². The van der Waals surface area contributed by atoms with Crippen molar-refractivity contribution in [1.82, 2.24) is 20.0 Å². The summed E-state index contributed by atoms with van der Waals surface area (Å²) < 4.78 is 6.17. The highest BCUT2D eigenvalue weighted by molar-refractivity contribution is 5.82. The highest BCUT2D eigenvalue weighted by Crippen LogP contribution is 2.67. The van der Waals surface area contributed by atoms with Crippen molar-refractivity contribution in [3.05, 3.63) is 23.9 Å². The number of ether oxygens (including phenoxy) is 1. The molecule has 1 heterocycles. The molecule has 274 valence electrons. The van der Waals surface area contributed by atoms with Crippen LogP contribution in [0.4, 0.5) is 0 Å². The molecule has 3 saturated carbocycles. The predicted molar refractivity (Wildman–Crippen MR) is 201 cm³/mol. The molecule has 5 rings (SSSR count). The van der Waals surface area contributed by atoms with Crippen molar-refractivity contribution in [3.63, 3.8) is 0 Å². The number of esters is 1. The van der Waals surface area contributed by atoms with Crippen LogP contribution in [-0.4, -0.2) is 93.2 Å². The topological polar surface area (TPSA) is 48.1 Å². The summed E-state index contributed by atoms with van der Waals surface area (Å²) in [5, 5.41) is 3.57. The molecule has 0 bridgehead atoms. The van der Waals surface area contributed by atoms with Crippen LogP contribution in [0.25, 0.3) is 0 Å². The number of carbonyl (C=O) groups excluding carboxylic acids is 1. The van der Waals surface area contributed by atoms with Gasteiger partial charge in [0.25, 0.3) is 0 Å². The molecule has 0 aromatic rings. The minimum Gasteiger partial charge on any atom is -0.459 e. The van der Waals surface area contributed by atoms with Crippen molar-refractivity contribution in [2.75, 3.05) is 66.5 Å². The second-order valence-corrected chi connectivity index (χ2v) is 18.0. The van der Waals surface area contributed by atoms with Gasteiger partial charge in [0.05, 0.1) is 0 Å². The quantitative estimate of drug-likeness (QED) is 0.161. The molecular formula is C42H74N4O2. The zero-order valence-electron chi connectivity index (χ0n) is 32.3. The number of nitrogens with one attached hydrogen (secondary N) is 1. The van der Waals surface area contributed by atoms with Crippen LogP contribution in [0.15, 0.2) is 23.9 Å². The number of carbonyl (C=O) groups is 1. The minimum atomic E-state index is -0.165. The molecule has 0 aromatic carbocycles. The molecule has 0 spiro atoms. The molecule has 6 nitrogen and oxygen atoms in total. The maximum absolute atomic E-state index is 13.2. The van der Waals surface area contributed by atoms with Crippen molar-refractivity contribution in [2.45, 2.75) is 124 Å². The smallest absolute Gasteiger partial charge is 0.332 e. The molecule has 1 N–H and O–H groups in total. The summed E-state index contributed by atoms with van der Waals surface area (Å²) in [6, 6.07) is 0. The summed E-state index contributed by atoms with van der Waals surface area (Å²) in [5.41, 5.74) is 2.43. The third kappa shape index (κ3) is 9.29. The van der Waals surface area contributed by atoms with E-state index in [1.165, 1.54) is 64.2 Å². The van der Waals surface area contributed by atoms with Gasteiger partial charge in [-0.15, -0.1) is 0 Å². The van der Waals surface area contributed by atoms with E-state index in [9.17, 15) is 4.79 Å². The van der Waals surface area contributed by atoms with Crippen molar-refractivity contribution in [1.29, 1.82) is 0 Å². The van der Waals surface area contributed by atoms with Crippen LogP contribution in [0.3, 0.4) is 0 Å².